The predicted molar refractivity (Wildman–Crippen MR) is 126 cm³/mol. The zero-order valence-corrected chi connectivity index (χ0v) is 17.6. The largest absolute Gasteiger partial charge is 0.256 e. The van der Waals surface area contributed by atoms with E-state index in [0.717, 1.165) is 10.2 Å². The van der Waals surface area contributed by atoms with Gasteiger partial charge in [-0.25, -0.2) is 0 Å². The molecule has 1 heterocycles. The van der Waals surface area contributed by atoms with Crippen molar-refractivity contribution in [1.82, 2.24) is 4.98 Å². The monoisotopic (exact) mass is 445 g/mol. The van der Waals surface area contributed by atoms with Crippen molar-refractivity contribution in [2.45, 2.75) is 5.41 Å². The van der Waals surface area contributed by atoms with E-state index in [2.05, 4.69) is 107 Å². The second-order valence-corrected chi connectivity index (χ2v) is 8.92. The van der Waals surface area contributed by atoms with Gasteiger partial charge in [-0.15, -0.1) is 0 Å². The van der Waals surface area contributed by atoms with Crippen LogP contribution in [0.3, 0.4) is 0 Å². The second-order valence-electron chi connectivity index (χ2n) is 8.06. The van der Waals surface area contributed by atoms with Crippen LogP contribution in [0.4, 0.5) is 0 Å². The fraction of sp³-hybridized carbons (Fsp3) is 0.0357. The highest BCUT2D eigenvalue weighted by atomic mass is 79.9. The second kappa shape index (κ2) is 5.68. The average Bonchev–Trinajstić information content (AvgIpc) is 3.10. The van der Waals surface area contributed by atoms with Crippen molar-refractivity contribution >= 4 is 26.7 Å². The zero-order chi connectivity index (χ0) is 19.9. The van der Waals surface area contributed by atoms with Crippen LogP contribution in [0.1, 0.15) is 22.3 Å². The van der Waals surface area contributed by atoms with Crippen LogP contribution in [0, 0.1) is 0 Å². The normalized spacial score (nSPS) is 14.4. The highest BCUT2D eigenvalue weighted by Crippen LogP contribution is 2.61. The minimum atomic E-state index is -0.357. The van der Waals surface area contributed by atoms with Crippen molar-refractivity contribution in [3.63, 3.8) is 0 Å². The van der Waals surface area contributed by atoms with Crippen molar-refractivity contribution in [1.29, 1.82) is 0 Å². The summed E-state index contributed by atoms with van der Waals surface area (Å²) in [5.74, 6) is 0. The Labute approximate surface area is 183 Å². The third-order valence-corrected chi connectivity index (χ3v) is 7.50. The Morgan fingerprint density at radius 3 is 2.00 bits per heavy atom. The highest BCUT2D eigenvalue weighted by molar-refractivity contribution is 9.10. The highest BCUT2D eigenvalue weighted by Gasteiger charge is 2.50. The van der Waals surface area contributed by atoms with E-state index < -0.39 is 0 Å². The molecule has 1 nitrogen and oxygen atoms in total. The third-order valence-electron chi connectivity index (χ3n) is 6.81. The molecule has 7 rings (SSSR count). The van der Waals surface area contributed by atoms with Gasteiger partial charge in [0.2, 0.25) is 0 Å². The molecule has 2 aliphatic rings. The molecule has 1 spiro atoms. The quantitative estimate of drug-likeness (QED) is 0.238. The van der Waals surface area contributed by atoms with E-state index in [-0.39, 0.29) is 5.41 Å². The van der Waals surface area contributed by atoms with E-state index in [1.807, 2.05) is 6.20 Å². The minimum Gasteiger partial charge on any atom is -0.256 e. The summed E-state index contributed by atoms with van der Waals surface area (Å²) in [6.07, 6.45) is 1.92. The van der Waals surface area contributed by atoms with Crippen molar-refractivity contribution in [3.8, 4) is 22.4 Å². The number of rotatable bonds is 0. The number of pyridine rings is 1. The molecule has 4 aromatic carbocycles. The first-order valence-electron chi connectivity index (χ1n) is 10.2. The molecule has 0 fully saturated rings. The molecule has 0 unspecified atom stereocenters. The zero-order valence-electron chi connectivity index (χ0n) is 16.1. The van der Waals surface area contributed by atoms with Gasteiger partial charge in [-0.1, -0.05) is 94.8 Å². The lowest BCUT2D eigenvalue weighted by molar-refractivity contribution is 0.767. The molecule has 0 saturated heterocycles. The maximum atomic E-state index is 4.92. The maximum absolute atomic E-state index is 4.92. The summed E-state index contributed by atoms with van der Waals surface area (Å²) in [5, 5.41) is 2.53. The molecule has 30 heavy (non-hydrogen) atoms. The molecular formula is C28H16BrN. The van der Waals surface area contributed by atoms with Gasteiger partial charge in [0, 0.05) is 16.2 Å². The van der Waals surface area contributed by atoms with Gasteiger partial charge < -0.3 is 0 Å². The first-order valence-corrected chi connectivity index (χ1v) is 11.0. The van der Waals surface area contributed by atoms with Crippen LogP contribution in [0.5, 0.6) is 0 Å². The minimum absolute atomic E-state index is 0.357. The average molecular weight is 446 g/mol. The summed E-state index contributed by atoms with van der Waals surface area (Å²) in [6.45, 7) is 0. The Kier molecular flexibility index (Phi) is 3.13. The fourth-order valence-electron chi connectivity index (χ4n) is 5.76. The maximum Gasteiger partial charge on any atom is 0.0756 e. The fourth-order valence-corrected chi connectivity index (χ4v) is 6.23. The molecule has 5 aromatic rings. The first kappa shape index (κ1) is 16.6. The van der Waals surface area contributed by atoms with E-state index >= 15 is 0 Å². The molecule has 0 aliphatic heterocycles. The molecule has 0 atom stereocenters. The number of fused-ring (bicyclic) bond motifs is 9. The molecule has 0 N–H and O–H groups in total. The van der Waals surface area contributed by atoms with Gasteiger partial charge in [0.15, 0.2) is 0 Å². The summed E-state index contributed by atoms with van der Waals surface area (Å²) < 4.78 is 1.12. The molecule has 2 aliphatic carbocycles. The summed E-state index contributed by atoms with van der Waals surface area (Å²) in [7, 11) is 0. The van der Waals surface area contributed by atoms with Gasteiger partial charge in [0.25, 0.3) is 0 Å². The number of nitrogens with zero attached hydrogens (tertiary/aromatic N) is 1. The molecule has 0 amide bonds. The lowest BCUT2D eigenvalue weighted by Gasteiger charge is -2.39. The number of benzene rings is 4. The van der Waals surface area contributed by atoms with Crippen LogP contribution in [-0.2, 0) is 5.41 Å². The van der Waals surface area contributed by atoms with Gasteiger partial charge in [-0.2, -0.15) is 0 Å². The Balaban J connectivity index is 1.80. The van der Waals surface area contributed by atoms with Crippen LogP contribution in [0.25, 0.3) is 33.2 Å². The topological polar surface area (TPSA) is 12.9 Å². The number of hydrogen-bond acceptors (Lipinski definition) is 1. The van der Waals surface area contributed by atoms with Crippen LogP contribution in [0.2, 0.25) is 0 Å². The number of hydrogen-bond donors (Lipinski definition) is 0. The lowest BCUT2D eigenvalue weighted by Crippen LogP contribution is -2.32. The Bertz CT molecular complexity index is 1470. The van der Waals surface area contributed by atoms with E-state index in [1.165, 1.54) is 49.7 Å². The number of aromatic nitrogens is 1. The van der Waals surface area contributed by atoms with E-state index in [0.29, 0.717) is 0 Å². The molecule has 140 valence electrons. The van der Waals surface area contributed by atoms with Gasteiger partial charge in [-0.05, 0) is 56.3 Å². The first-order chi connectivity index (χ1) is 14.8. The Morgan fingerprint density at radius 1 is 0.567 bits per heavy atom. The van der Waals surface area contributed by atoms with Crippen LogP contribution >= 0.6 is 15.9 Å². The van der Waals surface area contributed by atoms with Crippen molar-refractivity contribution < 1.29 is 0 Å². The Morgan fingerprint density at radius 2 is 1.23 bits per heavy atom. The number of halogens is 1. The van der Waals surface area contributed by atoms with Crippen molar-refractivity contribution in [3.05, 3.63) is 124 Å². The van der Waals surface area contributed by atoms with Crippen molar-refractivity contribution in [2.75, 3.05) is 0 Å². The van der Waals surface area contributed by atoms with Crippen LogP contribution in [0.15, 0.2) is 102 Å². The predicted octanol–water partition coefficient (Wildman–Crippen LogP) is 7.34. The van der Waals surface area contributed by atoms with Gasteiger partial charge in [-0.3, -0.25) is 4.98 Å². The third kappa shape index (κ3) is 1.78. The Hall–Kier alpha value is -3.23. The van der Waals surface area contributed by atoms with Gasteiger partial charge >= 0.3 is 0 Å². The van der Waals surface area contributed by atoms with Crippen LogP contribution in [-0.4, -0.2) is 4.98 Å². The smallest absolute Gasteiger partial charge is 0.0756 e. The van der Waals surface area contributed by atoms with Gasteiger partial charge in [0.05, 0.1) is 11.1 Å². The van der Waals surface area contributed by atoms with Crippen molar-refractivity contribution in [2.24, 2.45) is 0 Å². The van der Waals surface area contributed by atoms with Gasteiger partial charge in [0.1, 0.15) is 0 Å². The summed E-state index contributed by atoms with van der Waals surface area (Å²) >= 11 is 3.80. The molecular weight excluding hydrogens is 430 g/mol. The van der Waals surface area contributed by atoms with E-state index in [9.17, 15) is 0 Å². The standard InChI is InChI=1S/C28H16BrN/c29-25-15-14-20-26-19(25)9-5-12-23(26)28(24-13-6-16-30-27(20)24)21-10-3-1-7-17(21)18-8-2-4-11-22(18)28/h1-16H. The summed E-state index contributed by atoms with van der Waals surface area (Å²) in [6, 6.07) is 33.2. The summed E-state index contributed by atoms with van der Waals surface area (Å²) in [5.41, 5.74) is 9.88. The lowest BCUT2D eigenvalue weighted by atomic mass is 9.62. The summed E-state index contributed by atoms with van der Waals surface area (Å²) in [4.78, 5) is 4.92. The molecule has 1 aromatic heterocycles. The van der Waals surface area contributed by atoms with E-state index in [4.69, 9.17) is 4.98 Å². The molecule has 0 radical (unpaired) electrons. The molecule has 0 saturated carbocycles. The SMILES string of the molecule is Brc1ccc2c3c(cccc13)C1(c3ccccc3-c3ccccc31)c1cccnc1-2. The molecule has 2 heteroatoms. The van der Waals surface area contributed by atoms with E-state index in [1.54, 1.807) is 0 Å². The van der Waals surface area contributed by atoms with Crippen LogP contribution < -0.4 is 0 Å². The molecule has 0 bridgehead atoms.